The summed E-state index contributed by atoms with van der Waals surface area (Å²) >= 11 is 3.28. The molecule has 0 fully saturated rings. The Hall–Kier alpha value is -1.73. The predicted molar refractivity (Wildman–Crippen MR) is 68.9 cm³/mol. The lowest BCUT2D eigenvalue weighted by molar-refractivity contribution is 0.101. The summed E-state index contributed by atoms with van der Waals surface area (Å²) in [4.78, 5) is 15.8. The number of fused-ring (bicyclic) bond motifs is 1. The molecule has 0 radical (unpaired) electrons. The molecule has 0 amide bonds. The van der Waals surface area contributed by atoms with Crippen LogP contribution in [0.2, 0.25) is 0 Å². The van der Waals surface area contributed by atoms with Crippen LogP contribution in [0.15, 0.2) is 22.7 Å². The molecule has 1 aromatic heterocycles. The number of pyridine rings is 1. The van der Waals surface area contributed by atoms with Crippen LogP contribution in [-0.4, -0.2) is 10.8 Å². The van der Waals surface area contributed by atoms with Crippen LogP contribution in [0.4, 0.5) is 0 Å². The highest BCUT2D eigenvalue weighted by Crippen LogP contribution is 2.25. The molecule has 0 bridgehead atoms. The summed E-state index contributed by atoms with van der Waals surface area (Å²) in [7, 11) is 0. The van der Waals surface area contributed by atoms with Gasteiger partial charge in [-0.05, 0) is 53.5 Å². The van der Waals surface area contributed by atoms with Gasteiger partial charge in [0.05, 0.1) is 9.99 Å². The first-order chi connectivity index (χ1) is 8.02. The number of carbonyl (C=O) groups excluding carboxylic acids is 1. The van der Waals surface area contributed by atoms with Crippen molar-refractivity contribution in [3.63, 3.8) is 0 Å². The summed E-state index contributed by atoms with van der Waals surface area (Å²) in [5, 5.41) is 9.69. The number of aromatic nitrogens is 1. The molecule has 1 heterocycles. The SMILES string of the molecule is CC(=O)c1cc(C)cc2nc(C#N)c(Br)cc12. The molecule has 84 valence electrons. The number of aryl methyl sites for hydroxylation is 1. The smallest absolute Gasteiger partial charge is 0.160 e. The third kappa shape index (κ3) is 2.06. The molecule has 2 rings (SSSR count). The van der Waals surface area contributed by atoms with Gasteiger partial charge in [-0.2, -0.15) is 5.26 Å². The van der Waals surface area contributed by atoms with Gasteiger partial charge in [0.2, 0.25) is 0 Å². The first-order valence-electron chi connectivity index (χ1n) is 5.05. The zero-order valence-electron chi connectivity index (χ0n) is 9.41. The Balaban J connectivity index is 2.91. The Labute approximate surface area is 107 Å². The molecule has 1 aromatic carbocycles. The molecule has 4 heteroatoms. The Morgan fingerprint density at radius 3 is 2.71 bits per heavy atom. The van der Waals surface area contributed by atoms with Gasteiger partial charge in [-0.3, -0.25) is 4.79 Å². The van der Waals surface area contributed by atoms with Gasteiger partial charge >= 0.3 is 0 Å². The van der Waals surface area contributed by atoms with Gasteiger partial charge < -0.3 is 0 Å². The van der Waals surface area contributed by atoms with E-state index in [0.29, 0.717) is 21.2 Å². The number of carbonyl (C=O) groups is 1. The van der Waals surface area contributed by atoms with E-state index in [1.54, 1.807) is 6.07 Å². The fourth-order valence-corrected chi connectivity index (χ4v) is 2.17. The van der Waals surface area contributed by atoms with E-state index < -0.39 is 0 Å². The second kappa shape index (κ2) is 4.27. The maximum absolute atomic E-state index is 11.6. The van der Waals surface area contributed by atoms with Crippen molar-refractivity contribution in [1.29, 1.82) is 5.26 Å². The van der Waals surface area contributed by atoms with Gasteiger partial charge in [0, 0.05) is 10.9 Å². The largest absolute Gasteiger partial charge is 0.294 e. The third-order valence-corrected chi connectivity index (χ3v) is 3.12. The van der Waals surface area contributed by atoms with Gasteiger partial charge in [0.1, 0.15) is 6.07 Å². The standard InChI is InChI=1S/C13H9BrN2O/c1-7-3-9(8(2)17)10-5-11(14)13(6-15)16-12(10)4-7/h3-5H,1-2H3. The molecule has 0 aliphatic rings. The average molecular weight is 289 g/mol. The Morgan fingerprint density at radius 2 is 2.12 bits per heavy atom. The monoisotopic (exact) mass is 288 g/mol. The van der Waals surface area contributed by atoms with Crippen molar-refractivity contribution >= 4 is 32.6 Å². The molecule has 2 aromatic rings. The van der Waals surface area contributed by atoms with Gasteiger partial charge in [-0.1, -0.05) is 0 Å². The summed E-state index contributed by atoms with van der Waals surface area (Å²) in [6, 6.07) is 7.50. The van der Waals surface area contributed by atoms with Gasteiger partial charge in [0.25, 0.3) is 0 Å². The number of hydrogen-bond acceptors (Lipinski definition) is 3. The number of rotatable bonds is 1. The van der Waals surface area contributed by atoms with Crippen LogP contribution in [0.1, 0.15) is 28.5 Å². The lowest BCUT2D eigenvalue weighted by atomic mass is 10.0. The highest BCUT2D eigenvalue weighted by atomic mass is 79.9. The van der Waals surface area contributed by atoms with Crippen LogP contribution in [0.3, 0.4) is 0 Å². The van der Waals surface area contributed by atoms with E-state index in [2.05, 4.69) is 20.9 Å². The summed E-state index contributed by atoms with van der Waals surface area (Å²) in [6.07, 6.45) is 0. The van der Waals surface area contributed by atoms with E-state index in [0.717, 1.165) is 10.9 Å². The first kappa shape index (κ1) is 11.7. The van der Waals surface area contributed by atoms with E-state index in [9.17, 15) is 4.79 Å². The van der Waals surface area contributed by atoms with Crippen LogP contribution >= 0.6 is 15.9 Å². The normalized spacial score (nSPS) is 10.2. The molecule has 0 unspecified atom stereocenters. The molecule has 0 spiro atoms. The molecule has 0 aliphatic heterocycles. The minimum Gasteiger partial charge on any atom is -0.294 e. The van der Waals surface area contributed by atoms with Crippen molar-refractivity contribution in [2.75, 3.05) is 0 Å². The van der Waals surface area contributed by atoms with Crippen LogP contribution in [0, 0.1) is 18.3 Å². The predicted octanol–water partition coefficient (Wildman–Crippen LogP) is 3.38. The van der Waals surface area contributed by atoms with Crippen molar-refractivity contribution in [1.82, 2.24) is 4.98 Å². The van der Waals surface area contributed by atoms with Gasteiger partial charge in [0.15, 0.2) is 11.5 Å². The zero-order valence-corrected chi connectivity index (χ0v) is 11.0. The highest BCUT2D eigenvalue weighted by molar-refractivity contribution is 9.10. The number of ketones is 1. The van der Waals surface area contributed by atoms with E-state index in [-0.39, 0.29) is 5.78 Å². The zero-order chi connectivity index (χ0) is 12.6. The molecule has 0 N–H and O–H groups in total. The van der Waals surface area contributed by atoms with Gasteiger partial charge in [-0.25, -0.2) is 4.98 Å². The second-order valence-corrected chi connectivity index (χ2v) is 4.72. The molecular weight excluding hydrogens is 280 g/mol. The second-order valence-electron chi connectivity index (χ2n) is 3.87. The van der Waals surface area contributed by atoms with Gasteiger partial charge in [-0.15, -0.1) is 0 Å². The average Bonchev–Trinajstić information content (AvgIpc) is 2.27. The lowest BCUT2D eigenvalue weighted by Gasteiger charge is -2.06. The molecule has 3 nitrogen and oxygen atoms in total. The number of hydrogen-bond donors (Lipinski definition) is 0. The summed E-state index contributed by atoms with van der Waals surface area (Å²) in [6.45, 7) is 3.43. The minimum atomic E-state index is -0.00268. The number of Topliss-reactive ketones (excluding diaryl/α,β-unsaturated/α-hetero) is 1. The minimum absolute atomic E-state index is 0.00268. The van der Waals surface area contributed by atoms with Crippen molar-refractivity contribution < 1.29 is 4.79 Å². The Morgan fingerprint density at radius 1 is 1.41 bits per heavy atom. The first-order valence-corrected chi connectivity index (χ1v) is 5.84. The summed E-state index contributed by atoms with van der Waals surface area (Å²) in [5.74, 6) is -0.00268. The van der Waals surface area contributed by atoms with E-state index in [4.69, 9.17) is 5.26 Å². The van der Waals surface area contributed by atoms with Crippen molar-refractivity contribution in [3.05, 3.63) is 39.5 Å². The van der Waals surface area contributed by atoms with Crippen LogP contribution < -0.4 is 0 Å². The quantitative estimate of drug-likeness (QED) is 0.756. The van der Waals surface area contributed by atoms with Crippen LogP contribution in [0.5, 0.6) is 0 Å². The number of benzene rings is 1. The van der Waals surface area contributed by atoms with E-state index in [1.165, 1.54) is 6.92 Å². The van der Waals surface area contributed by atoms with Crippen molar-refractivity contribution in [3.8, 4) is 6.07 Å². The highest BCUT2D eigenvalue weighted by Gasteiger charge is 2.11. The fourth-order valence-electron chi connectivity index (χ4n) is 1.76. The van der Waals surface area contributed by atoms with Crippen molar-refractivity contribution in [2.45, 2.75) is 13.8 Å². The third-order valence-electron chi connectivity index (χ3n) is 2.52. The summed E-state index contributed by atoms with van der Waals surface area (Å²) < 4.78 is 0.610. The van der Waals surface area contributed by atoms with Crippen LogP contribution in [0.25, 0.3) is 10.9 Å². The maximum Gasteiger partial charge on any atom is 0.160 e. The number of halogens is 1. The number of nitrogens with zero attached hydrogens (tertiary/aromatic N) is 2. The Bertz CT molecular complexity index is 671. The lowest BCUT2D eigenvalue weighted by Crippen LogP contribution is -1.97. The van der Waals surface area contributed by atoms with Crippen LogP contribution in [-0.2, 0) is 0 Å². The molecule has 17 heavy (non-hydrogen) atoms. The number of nitriles is 1. The molecule has 0 aliphatic carbocycles. The molecule has 0 atom stereocenters. The topological polar surface area (TPSA) is 53.8 Å². The summed E-state index contributed by atoms with van der Waals surface area (Å²) in [5.41, 5.74) is 2.60. The fraction of sp³-hybridized carbons (Fsp3) is 0.154. The molecular formula is C13H9BrN2O. The maximum atomic E-state index is 11.6. The molecule has 0 saturated carbocycles. The van der Waals surface area contributed by atoms with E-state index >= 15 is 0 Å². The Kier molecular flexibility index (Phi) is 2.95. The van der Waals surface area contributed by atoms with Crippen molar-refractivity contribution in [2.24, 2.45) is 0 Å². The molecule has 0 saturated heterocycles. The van der Waals surface area contributed by atoms with E-state index in [1.807, 2.05) is 25.1 Å².